The first kappa shape index (κ1) is 18.1. The van der Waals surface area contributed by atoms with Crippen LogP contribution in [0, 0.1) is 0 Å². The van der Waals surface area contributed by atoms with Crippen molar-refractivity contribution in [1.82, 2.24) is 4.72 Å². The molecule has 0 saturated carbocycles. The third kappa shape index (κ3) is 5.36. The minimum atomic E-state index is -3.98. The van der Waals surface area contributed by atoms with Gasteiger partial charge in [-0.05, 0) is 31.5 Å². The lowest BCUT2D eigenvalue weighted by Crippen LogP contribution is -2.40. The van der Waals surface area contributed by atoms with E-state index in [1.165, 1.54) is 25.1 Å². The Morgan fingerprint density at radius 2 is 1.81 bits per heavy atom. The lowest BCUT2D eigenvalue weighted by atomic mass is 10.0. The van der Waals surface area contributed by atoms with Crippen LogP contribution in [0.15, 0.2) is 34.1 Å². The normalized spacial score (nSPS) is 15.6. The summed E-state index contributed by atoms with van der Waals surface area (Å²) in [4.78, 5) is -0.507. The summed E-state index contributed by atoms with van der Waals surface area (Å²) < 4.78 is 48.9. The second kappa shape index (κ2) is 6.41. The number of sulfonamides is 2. The van der Waals surface area contributed by atoms with Crippen LogP contribution in [0.5, 0.6) is 0 Å². The molecule has 0 aliphatic rings. The predicted octanol–water partition coefficient (Wildman–Crippen LogP) is 0.163. The van der Waals surface area contributed by atoms with E-state index in [2.05, 4.69) is 4.72 Å². The average molecular weight is 336 g/mol. The highest BCUT2D eigenvalue weighted by molar-refractivity contribution is 7.90. The first-order chi connectivity index (χ1) is 9.48. The van der Waals surface area contributed by atoms with Crippen molar-refractivity contribution in [1.29, 1.82) is 0 Å². The van der Waals surface area contributed by atoms with Crippen molar-refractivity contribution in [2.75, 3.05) is 6.54 Å². The summed E-state index contributed by atoms with van der Waals surface area (Å²) in [7, 11) is -7.90. The molecule has 0 bridgehead atoms. The van der Waals surface area contributed by atoms with E-state index in [0.717, 1.165) is 6.07 Å². The van der Waals surface area contributed by atoms with E-state index in [9.17, 15) is 21.9 Å². The fourth-order valence-corrected chi connectivity index (χ4v) is 3.62. The minimum Gasteiger partial charge on any atom is -0.389 e. The number of primary sulfonamides is 1. The van der Waals surface area contributed by atoms with Crippen molar-refractivity contribution in [3.63, 3.8) is 0 Å². The van der Waals surface area contributed by atoms with Gasteiger partial charge in [0.15, 0.2) is 0 Å². The number of hydrogen-bond acceptors (Lipinski definition) is 5. The summed E-state index contributed by atoms with van der Waals surface area (Å²) in [6, 6.07) is 4.73. The smallest absolute Gasteiger partial charge is 0.240 e. The molecule has 0 spiro atoms. The molecule has 120 valence electrons. The maximum atomic E-state index is 12.1. The van der Waals surface area contributed by atoms with Crippen molar-refractivity contribution < 1.29 is 21.9 Å². The predicted molar refractivity (Wildman–Crippen MR) is 78.5 cm³/mol. The van der Waals surface area contributed by atoms with Gasteiger partial charge in [-0.15, -0.1) is 0 Å². The molecule has 9 heteroatoms. The molecule has 0 aliphatic heterocycles. The molecular weight excluding hydrogens is 316 g/mol. The monoisotopic (exact) mass is 336 g/mol. The molecule has 0 aliphatic carbocycles. The zero-order valence-electron chi connectivity index (χ0n) is 11.9. The van der Waals surface area contributed by atoms with Crippen LogP contribution >= 0.6 is 0 Å². The number of hydrogen-bond donors (Lipinski definition) is 3. The fourth-order valence-electron chi connectivity index (χ4n) is 1.78. The molecule has 0 fully saturated rings. The van der Waals surface area contributed by atoms with E-state index in [0.29, 0.717) is 12.8 Å². The molecule has 1 unspecified atom stereocenters. The van der Waals surface area contributed by atoms with Crippen molar-refractivity contribution in [2.24, 2.45) is 5.14 Å². The summed E-state index contributed by atoms with van der Waals surface area (Å²) in [6.07, 6.45) is 1.14. The Morgan fingerprint density at radius 3 is 2.33 bits per heavy atom. The summed E-state index contributed by atoms with van der Waals surface area (Å²) in [5.74, 6) is 0. The van der Waals surface area contributed by atoms with Crippen LogP contribution in [0.25, 0.3) is 0 Å². The Bertz CT molecular complexity index is 696. The average Bonchev–Trinajstić information content (AvgIpc) is 2.36. The topological polar surface area (TPSA) is 127 Å². The number of rotatable bonds is 7. The van der Waals surface area contributed by atoms with E-state index in [1.54, 1.807) is 0 Å². The molecule has 1 aromatic rings. The summed E-state index contributed by atoms with van der Waals surface area (Å²) in [6.45, 7) is 3.24. The van der Waals surface area contributed by atoms with E-state index >= 15 is 0 Å². The molecule has 0 radical (unpaired) electrons. The molecule has 0 aromatic heterocycles. The highest BCUT2D eigenvalue weighted by Crippen LogP contribution is 2.16. The standard InChI is InChI=1S/C12H20N2O5S2/c1-3-7-12(2,15)9-14-21(18,19)11-6-4-5-10(8-11)20(13,16)17/h4-6,8,14-15H,3,7,9H2,1-2H3,(H2,13,16,17). The lowest BCUT2D eigenvalue weighted by Gasteiger charge is -2.22. The Labute approximate surface area is 125 Å². The molecule has 21 heavy (non-hydrogen) atoms. The maximum absolute atomic E-state index is 12.1. The van der Waals surface area contributed by atoms with Crippen LogP contribution < -0.4 is 9.86 Å². The van der Waals surface area contributed by atoms with Gasteiger partial charge in [0, 0.05) is 6.54 Å². The molecule has 0 heterocycles. The first-order valence-electron chi connectivity index (χ1n) is 6.33. The van der Waals surface area contributed by atoms with Gasteiger partial charge < -0.3 is 5.11 Å². The van der Waals surface area contributed by atoms with Gasteiger partial charge in [0.05, 0.1) is 15.4 Å². The Kier molecular flexibility index (Phi) is 5.51. The van der Waals surface area contributed by atoms with Crippen LogP contribution in [0.2, 0.25) is 0 Å². The zero-order valence-corrected chi connectivity index (χ0v) is 13.5. The van der Waals surface area contributed by atoms with Crippen LogP contribution in [0.4, 0.5) is 0 Å². The number of benzene rings is 1. The van der Waals surface area contributed by atoms with Gasteiger partial charge >= 0.3 is 0 Å². The van der Waals surface area contributed by atoms with Gasteiger partial charge in [0.1, 0.15) is 0 Å². The van der Waals surface area contributed by atoms with Crippen LogP contribution in [0.1, 0.15) is 26.7 Å². The van der Waals surface area contributed by atoms with Crippen LogP contribution in [-0.4, -0.2) is 34.1 Å². The van der Waals surface area contributed by atoms with Crippen LogP contribution in [-0.2, 0) is 20.0 Å². The van der Waals surface area contributed by atoms with Gasteiger partial charge in [-0.3, -0.25) is 0 Å². The van der Waals surface area contributed by atoms with Gasteiger partial charge in [-0.1, -0.05) is 19.4 Å². The summed E-state index contributed by atoms with van der Waals surface area (Å²) in [5, 5.41) is 14.9. The lowest BCUT2D eigenvalue weighted by molar-refractivity contribution is 0.0554. The maximum Gasteiger partial charge on any atom is 0.240 e. The number of nitrogens with two attached hydrogens (primary N) is 1. The van der Waals surface area contributed by atoms with Gasteiger partial charge in [-0.2, -0.15) is 0 Å². The highest BCUT2D eigenvalue weighted by atomic mass is 32.2. The quantitative estimate of drug-likeness (QED) is 0.654. The molecular formula is C12H20N2O5S2. The van der Waals surface area contributed by atoms with Crippen molar-refractivity contribution >= 4 is 20.0 Å². The fraction of sp³-hybridized carbons (Fsp3) is 0.500. The number of aliphatic hydroxyl groups is 1. The molecule has 1 aromatic carbocycles. The second-order valence-electron chi connectivity index (χ2n) is 5.09. The summed E-state index contributed by atoms with van der Waals surface area (Å²) >= 11 is 0. The number of nitrogens with one attached hydrogen (secondary N) is 1. The Balaban J connectivity index is 2.99. The molecule has 0 saturated heterocycles. The van der Waals surface area contributed by atoms with Crippen molar-refractivity contribution in [3.05, 3.63) is 24.3 Å². The zero-order chi connectivity index (χ0) is 16.3. The van der Waals surface area contributed by atoms with Gasteiger partial charge in [-0.25, -0.2) is 26.7 Å². The first-order valence-corrected chi connectivity index (χ1v) is 9.36. The summed E-state index contributed by atoms with van der Waals surface area (Å²) in [5.41, 5.74) is -1.17. The van der Waals surface area contributed by atoms with Crippen molar-refractivity contribution in [2.45, 2.75) is 42.1 Å². The van der Waals surface area contributed by atoms with Crippen molar-refractivity contribution in [3.8, 4) is 0 Å². The molecule has 1 atom stereocenters. The Morgan fingerprint density at radius 1 is 1.24 bits per heavy atom. The van der Waals surface area contributed by atoms with E-state index < -0.39 is 25.6 Å². The largest absolute Gasteiger partial charge is 0.389 e. The molecule has 4 N–H and O–H groups in total. The molecule has 7 nitrogen and oxygen atoms in total. The third-order valence-electron chi connectivity index (χ3n) is 2.88. The van der Waals surface area contributed by atoms with E-state index in [1.807, 2.05) is 6.92 Å². The highest BCUT2D eigenvalue weighted by Gasteiger charge is 2.24. The van der Waals surface area contributed by atoms with E-state index in [4.69, 9.17) is 5.14 Å². The van der Waals surface area contributed by atoms with Crippen LogP contribution in [0.3, 0.4) is 0 Å². The third-order valence-corrected chi connectivity index (χ3v) is 5.19. The van der Waals surface area contributed by atoms with Gasteiger partial charge in [0.25, 0.3) is 0 Å². The van der Waals surface area contributed by atoms with E-state index in [-0.39, 0.29) is 16.3 Å². The SMILES string of the molecule is CCCC(C)(O)CNS(=O)(=O)c1cccc(S(N)(=O)=O)c1. The van der Waals surface area contributed by atoms with Gasteiger partial charge in [0.2, 0.25) is 20.0 Å². The second-order valence-corrected chi connectivity index (χ2v) is 8.42. The minimum absolute atomic E-state index is 0.164. The molecule has 0 amide bonds. The Hall–Kier alpha value is -1.00. The molecule has 1 rings (SSSR count).